The van der Waals surface area contributed by atoms with Gasteiger partial charge in [-0.2, -0.15) is 5.10 Å². The monoisotopic (exact) mass is 326 g/mol. The van der Waals surface area contributed by atoms with E-state index in [2.05, 4.69) is 10.4 Å². The molecule has 0 bridgehead atoms. The lowest BCUT2D eigenvalue weighted by molar-refractivity contribution is -0.123. The highest BCUT2D eigenvalue weighted by Crippen LogP contribution is 2.26. The standard InChI is InChI=1S/C17H18N4OS/c1-3-20-14(9-10-18-20)11-15-16(22)21(17(23)19-15)12(2)13-7-5-4-6-8-13/h4-12H,3H2,1-2H3,(H,19,23)/b15-11-. The number of aromatic nitrogens is 2. The fourth-order valence-electron chi connectivity index (χ4n) is 2.66. The van der Waals surface area contributed by atoms with Crippen LogP contribution in [0.3, 0.4) is 0 Å². The molecule has 2 aromatic rings. The van der Waals surface area contributed by atoms with E-state index in [1.807, 2.05) is 54.9 Å². The fourth-order valence-corrected chi connectivity index (χ4v) is 3.01. The quantitative estimate of drug-likeness (QED) is 0.693. The lowest BCUT2D eigenvalue weighted by Gasteiger charge is -2.23. The van der Waals surface area contributed by atoms with Crippen LogP contribution < -0.4 is 5.32 Å². The van der Waals surface area contributed by atoms with E-state index in [0.717, 1.165) is 17.8 Å². The average molecular weight is 326 g/mol. The Hall–Kier alpha value is -2.47. The maximum atomic E-state index is 12.7. The van der Waals surface area contributed by atoms with Gasteiger partial charge in [-0.05, 0) is 43.8 Å². The highest BCUT2D eigenvalue weighted by Gasteiger charge is 2.34. The van der Waals surface area contributed by atoms with Crippen LogP contribution in [0.15, 0.2) is 48.3 Å². The number of amides is 1. The Morgan fingerprint density at radius 1 is 1.30 bits per heavy atom. The number of aryl methyl sites for hydroxylation is 1. The summed E-state index contributed by atoms with van der Waals surface area (Å²) >= 11 is 5.36. The molecule has 6 heteroatoms. The van der Waals surface area contributed by atoms with Crippen molar-refractivity contribution < 1.29 is 4.79 Å². The number of nitrogens with one attached hydrogen (secondary N) is 1. The lowest BCUT2D eigenvalue weighted by Crippen LogP contribution is -2.33. The van der Waals surface area contributed by atoms with Crippen molar-refractivity contribution in [2.75, 3.05) is 0 Å². The number of carbonyl (C=O) groups excluding carboxylic acids is 1. The summed E-state index contributed by atoms with van der Waals surface area (Å²) < 4.78 is 1.83. The van der Waals surface area contributed by atoms with E-state index in [1.54, 1.807) is 17.2 Å². The van der Waals surface area contributed by atoms with Gasteiger partial charge in [0.15, 0.2) is 5.11 Å². The third-order valence-electron chi connectivity index (χ3n) is 3.92. The third-order valence-corrected chi connectivity index (χ3v) is 4.22. The van der Waals surface area contributed by atoms with Crippen LogP contribution >= 0.6 is 12.2 Å². The minimum absolute atomic E-state index is 0.116. The first-order valence-electron chi connectivity index (χ1n) is 7.54. The maximum absolute atomic E-state index is 12.7. The van der Waals surface area contributed by atoms with Gasteiger partial charge in [0.1, 0.15) is 5.70 Å². The Balaban J connectivity index is 1.88. The molecule has 1 saturated heterocycles. The van der Waals surface area contributed by atoms with Gasteiger partial charge in [0, 0.05) is 12.7 Å². The Kier molecular flexibility index (Phi) is 4.25. The molecule has 23 heavy (non-hydrogen) atoms. The summed E-state index contributed by atoms with van der Waals surface area (Å²) in [5.74, 6) is -0.116. The van der Waals surface area contributed by atoms with Gasteiger partial charge in [-0.25, -0.2) is 0 Å². The van der Waals surface area contributed by atoms with Gasteiger partial charge >= 0.3 is 0 Å². The second-order valence-electron chi connectivity index (χ2n) is 5.32. The summed E-state index contributed by atoms with van der Waals surface area (Å²) in [6.45, 7) is 4.72. The average Bonchev–Trinajstić information content (AvgIpc) is 3.12. The van der Waals surface area contributed by atoms with Crippen LogP contribution in [0, 0.1) is 0 Å². The van der Waals surface area contributed by atoms with Crippen LogP contribution in [-0.4, -0.2) is 25.7 Å². The number of benzene rings is 1. The highest BCUT2D eigenvalue weighted by molar-refractivity contribution is 7.80. The first-order chi connectivity index (χ1) is 11.1. The first kappa shape index (κ1) is 15.4. The normalized spacial score (nSPS) is 17.7. The third kappa shape index (κ3) is 2.90. The minimum Gasteiger partial charge on any atom is -0.328 e. The molecule has 118 valence electrons. The molecular formula is C17H18N4OS. The Morgan fingerprint density at radius 3 is 2.74 bits per heavy atom. The number of nitrogens with zero attached hydrogens (tertiary/aromatic N) is 3. The molecule has 1 N–H and O–H groups in total. The zero-order valence-corrected chi connectivity index (χ0v) is 13.9. The molecule has 1 fully saturated rings. The van der Waals surface area contributed by atoms with Gasteiger partial charge in [0.2, 0.25) is 0 Å². The summed E-state index contributed by atoms with van der Waals surface area (Å²) in [5.41, 5.74) is 2.40. The van der Waals surface area contributed by atoms with Crippen LogP contribution in [0.2, 0.25) is 0 Å². The van der Waals surface area contributed by atoms with Gasteiger partial charge in [-0.1, -0.05) is 30.3 Å². The van der Waals surface area contributed by atoms with E-state index in [9.17, 15) is 4.79 Å². The smallest absolute Gasteiger partial charge is 0.277 e. The zero-order valence-electron chi connectivity index (χ0n) is 13.1. The van der Waals surface area contributed by atoms with Gasteiger partial charge in [-0.15, -0.1) is 0 Å². The van der Waals surface area contributed by atoms with E-state index in [-0.39, 0.29) is 11.9 Å². The number of rotatable bonds is 4. The van der Waals surface area contributed by atoms with Crippen molar-refractivity contribution in [1.82, 2.24) is 20.0 Å². The zero-order chi connectivity index (χ0) is 16.4. The van der Waals surface area contributed by atoms with Crippen LogP contribution in [0.25, 0.3) is 6.08 Å². The van der Waals surface area contributed by atoms with Gasteiger partial charge in [0.05, 0.1) is 11.7 Å². The molecule has 0 saturated carbocycles. The molecule has 1 aliphatic heterocycles. The summed E-state index contributed by atoms with van der Waals surface area (Å²) in [4.78, 5) is 14.3. The van der Waals surface area contributed by atoms with Crippen LogP contribution in [0.5, 0.6) is 0 Å². The largest absolute Gasteiger partial charge is 0.328 e. The molecule has 0 radical (unpaired) electrons. The molecule has 0 aliphatic carbocycles. The number of thiocarbonyl (C=S) groups is 1. The van der Waals surface area contributed by atoms with Crippen molar-refractivity contribution in [3.05, 3.63) is 59.5 Å². The highest BCUT2D eigenvalue weighted by atomic mass is 32.1. The number of carbonyl (C=O) groups is 1. The Labute approximate surface area is 140 Å². The minimum atomic E-state index is -0.120. The predicted molar refractivity (Wildman–Crippen MR) is 93.3 cm³/mol. The number of hydrogen-bond acceptors (Lipinski definition) is 3. The Morgan fingerprint density at radius 2 is 2.04 bits per heavy atom. The second-order valence-corrected chi connectivity index (χ2v) is 5.71. The van der Waals surface area contributed by atoms with Crippen LogP contribution in [0.1, 0.15) is 31.1 Å². The molecule has 3 rings (SSSR count). The van der Waals surface area contributed by atoms with E-state index >= 15 is 0 Å². The van der Waals surface area contributed by atoms with Gasteiger partial charge in [0.25, 0.3) is 5.91 Å². The first-order valence-corrected chi connectivity index (χ1v) is 7.95. The van der Waals surface area contributed by atoms with E-state index < -0.39 is 0 Å². The van der Waals surface area contributed by atoms with Crippen LogP contribution in [-0.2, 0) is 11.3 Å². The van der Waals surface area contributed by atoms with Crippen LogP contribution in [0.4, 0.5) is 0 Å². The summed E-state index contributed by atoms with van der Waals surface area (Å²) in [6, 6.07) is 11.6. The molecule has 1 atom stereocenters. The van der Waals surface area contributed by atoms with Crippen molar-refractivity contribution in [3.63, 3.8) is 0 Å². The van der Waals surface area contributed by atoms with Crippen molar-refractivity contribution in [1.29, 1.82) is 0 Å². The Bertz CT molecular complexity index is 766. The molecule has 2 heterocycles. The summed E-state index contributed by atoms with van der Waals surface area (Å²) in [6.07, 6.45) is 3.51. The fraction of sp³-hybridized carbons (Fsp3) is 0.235. The maximum Gasteiger partial charge on any atom is 0.277 e. The summed E-state index contributed by atoms with van der Waals surface area (Å²) in [7, 11) is 0. The molecule has 0 spiro atoms. The summed E-state index contributed by atoms with van der Waals surface area (Å²) in [5, 5.41) is 7.66. The molecule has 1 unspecified atom stereocenters. The molecule has 1 aromatic heterocycles. The van der Waals surface area contributed by atoms with Crippen molar-refractivity contribution in [2.24, 2.45) is 0 Å². The van der Waals surface area contributed by atoms with E-state index in [0.29, 0.717) is 10.8 Å². The molecular weight excluding hydrogens is 308 g/mol. The van der Waals surface area contributed by atoms with Crippen molar-refractivity contribution >= 4 is 29.3 Å². The lowest BCUT2D eigenvalue weighted by atomic mass is 10.1. The number of hydrogen-bond donors (Lipinski definition) is 1. The molecule has 1 aliphatic rings. The van der Waals surface area contributed by atoms with E-state index in [4.69, 9.17) is 12.2 Å². The second kappa shape index (κ2) is 6.34. The molecule has 5 nitrogen and oxygen atoms in total. The van der Waals surface area contributed by atoms with Gasteiger partial charge < -0.3 is 5.32 Å². The van der Waals surface area contributed by atoms with Crippen molar-refractivity contribution in [2.45, 2.75) is 26.4 Å². The molecule has 1 aromatic carbocycles. The van der Waals surface area contributed by atoms with Gasteiger partial charge in [-0.3, -0.25) is 14.4 Å². The SMILES string of the molecule is CCn1nccc1/C=C1\NC(=S)N(C(C)c2ccccc2)C1=O. The predicted octanol–water partition coefficient (Wildman–Crippen LogP) is 2.72. The molecule has 1 amide bonds. The van der Waals surface area contributed by atoms with E-state index in [1.165, 1.54) is 0 Å². The topological polar surface area (TPSA) is 50.2 Å². The van der Waals surface area contributed by atoms with Crippen molar-refractivity contribution in [3.8, 4) is 0 Å².